The highest BCUT2D eigenvalue weighted by Gasteiger charge is 2.23. The van der Waals surface area contributed by atoms with Gasteiger partial charge in [0.15, 0.2) is 0 Å². The van der Waals surface area contributed by atoms with Gasteiger partial charge in [0.1, 0.15) is 0 Å². The molecular formula is C15H31FO. The largest absolute Gasteiger partial charge is 0.362 e. The smallest absolute Gasteiger partial charge is 0.206 e. The summed E-state index contributed by atoms with van der Waals surface area (Å²) in [6.07, 6.45) is 12.0. The van der Waals surface area contributed by atoms with Crippen molar-refractivity contribution in [1.82, 2.24) is 0 Å². The first kappa shape index (κ1) is 16.9. The highest BCUT2D eigenvalue weighted by Crippen LogP contribution is 2.23. The molecule has 1 nitrogen and oxygen atoms in total. The Hall–Kier alpha value is -0.110. The molecule has 0 aliphatic carbocycles. The van der Waals surface area contributed by atoms with Gasteiger partial charge in [0.05, 0.1) is 0 Å². The average Bonchev–Trinajstić information content (AvgIpc) is 2.30. The highest BCUT2D eigenvalue weighted by molar-refractivity contribution is 4.65. The van der Waals surface area contributed by atoms with Crippen molar-refractivity contribution in [2.45, 2.75) is 96.8 Å². The molecule has 0 saturated heterocycles. The second-order valence-corrected chi connectivity index (χ2v) is 5.25. The number of rotatable bonds is 12. The van der Waals surface area contributed by atoms with Crippen molar-refractivity contribution < 1.29 is 9.50 Å². The first-order valence-corrected chi connectivity index (χ1v) is 7.53. The Kier molecular flexibility index (Phi) is 10.9. The Bertz CT molecular complexity index is 157. The van der Waals surface area contributed by atoms with Crippen molar-refractivity contribution in [2.24, 2.45) is 0 Å². The molecule has 0 rings (SSSR count). The summed E-state index contributed by atoms with van der Waals surface area (Å²) in [5.74, 6) is -1.90. The summed E-state index contributed by atoms with van der Waals surface area (Å²) < 4.78 is 13.5. The van der Waals surface area contributed by atoms with Crippen LogP contribution in [0.5, 0.6) is 0 Å². The van der Waals surface area contributed by atoms with Gasteiger partial charge in [-0.05, 0) is 12.8 Å². The van der Waals surface area contributed by atoms with Gasteiger partial charge in [-0.1, -0.05) is 65.2 Å². The molecule has 1 atom stereocenters. The van der Waals surface area contributed by atoms with Crippen LogP contribution < -0.4 is 0 Å². The van der Waals surface area contributed by atoms with E-state index in [4.69, 9.17) is 0 Å². The topological polar surface area (TPSA) is 20.2 Å². The maximum absolute atomic E-state index is 13.5. The fourth-order valence-electron chi connectivity index (χ4n) is 2.10. The van der Waals surface area contributed by atoms with Gasteiger partial charge >= 0.3 is 0 Å². The monoisotopic (exact) mass is 246 g/mol. The third-order valence-corrected chi connectivity index (χ3v) is 3.33. The molecule has 0 saturated carbocycles. The molecule has 0 fully saturated rings. The van der Waals surface area contributed by atoms with E-state index in [-0.39, 0.29) is 0 Å². The molecule has 0 heterocycles. The molecule has 0 aromatic carbocycles. The lowest BCUT2D eigenvalue weighted by atomic mass is 10.0. The zero-order chi connectivity index (χ0) is 13.0. The Morgan fingerprint density at radius 2 is 1.12 bits per heavy atom. The molecule has 0 spiro atoms. The number of hydrogen-bond acceptors (Lipinski definition) is 1. The van der Waals surface area contributed by atoms with Crippen LogP contribution in [0.15, 0.2) is 0 Å². The van der Waals surface area contributed by atoms with E-state index in [0.29, 0.717) is 12.8 Å². The summed E-state index contributed by atoms with van der Waals surface area (Å²) in [7, 11) is 0. The second-order valence-electron chi connectivity index (χ2n) is 5.25. The maximum atomic E-state index is 13.5. The molecule has 1 N–H and O–H groups in total. The molecule has 0 bridgehead atoms. The van der Waals surface area contributed by atoms with Gasteiger partial charge in [0, 0.05) is 12.8 Å². The Balaban J connectivity index is 3.26. The van der Waals surface area contributed by atoms with Gasteiger partial charge in [-0.3, -0.25) is 0 Å². The molecular weight excluding hydrogens is 215 g/mol. The normalized spacial score (nSPS) is 14.8. The van der Waals surface area contributed by atoms with Gasteiger partial charge in [-0.15, -0.1) is 0 Å². The van der Waals surface area contributed by atoms with Gasteiger partial charge in [-0.2, -0.15) is 0 Å². The lowest BCUT2D eigenvalue weighted by Gasteiger charge is -2.18. The van der Waals surface area contributed by atoms with Gasteiger partial charge in [-0.25, -0.2) is 4.39 Å². The predicted molar refractivity (Wildman–Crippen MR) is 72.8 cm³/mol. The van der Waals surface area contributed by atoms with Crippen LogP contribution in [0.3, 0.4) is 0 Å². The van der Waals surface area contributed by atoms with Crippen LogP contribution in [-0.4, -0.2) is 11.0 Å². The number of aliphatic hydroxyl groups is 1. The zero-order valence-corrected chi connectivity index (χ0v) is 11.8. The Labute approximate surface area is 107 Å². The summed E-state index contributed by atoms with van der Waals surface area (Å²) in [5, 5.41) is 9.45. The third kappa shape index (κ3) is 12.1. The van der Waals surface area contributed by atoms with Crippen molar-refractivity contribution in [3.05, 3.63) is 0 Å². The molecule has 0 aromatic heterocycles. The van der Waals surface area contributed by atoms with Crippen LogP contribution in [-0.2, 0) is 0 Å². The minimum absolute atomic E-state index is 0.306. The van der Waals surface area contributed by atoms with Gasteiger partial charge in [0.25, 0.3) is 0 Å². The third-order valence-electron chi connectivity index (χ3n) is 3.33. The molecule has 0 aliphatic rings. The fourth-order valence-corrected chi connectivity index (χ4v) is 2.10. The molecule has 0 aliphatic heterocycles. The standard InChI is InChI=1S/C15H31FO/c1-3-5-7-8-9-10-11-12-14-15(16,17)13-6-4-2/h17H,3-14H2,1-2H3. The van der Waals surface area contributed by atoms with Crippen molar-refractivity contribution in [3.8, 4) is 0 Å². The molecule has 0 radical (unpaired) electrons. The van der Waals surface area contributed by atoms with Crippen molar-refractivity contribution in [3.63, 3.8) is 0 Å². The van der Waals surface area contributed by atoms with E-state index in [1.807, 2.05) is 6.92 Å². The van der Waals surface area contributed by atoms with Crippen LogP contribution in [0.4, 0.5) is 4.39 Å². The van der Waals surface area contributed by atoms with E-state index >= 15 is 0 Å². The summed E-state index contributed by atoms with van der Waals surface area (Å²) in [6, 6.07) is 0. The molecule has 2 heteroatoms. The Morgan fingerprint density at radius 1 is 0.706 bits per heavy atom. The highest BCUT2D eigenvalue weighted by atomic mass is 19.2. The van der Waals surface area contributed by atoms with Crippen molar-refractivity contribution >= 4 is 0 Å². The van der Waals surface area contributed by atoms with E-state index in [2.05, 4.69) is 6.92 Å². The molecule has 0 aromatic rings. The van der Waals surface area contributed by atoms with Crippen LogP contribution in [0, 0.1) is 0 Å². The van der Waals surface area contributed by atoms with E-state index < -0.39 is 5.85 Å². The SMILES string of the molecule is CCCCCCCCCCC(O)(F)CCCC. The van der Waals surface area contributed by atoms with Crippen molar-refractivity contribution in [2.75, 3.05) is 0 Å². The quantitative estimate of drug-likeness (QED) is 0.459. The number of hydrogen-bond donors (Lipinski definition) is 1. The summed E-state index contributed by atoms with van der Waals surface area (Å²) in [5.41, 5.74) is 0. The summed E-state index contributed by atoms with van der Waals surface area (Å²) in [4.78, 5) is 0. The van der Waals surface area contributed by atoms with Crippen LogP contribution in [0.1, 0.15) is 90.9 Å². The molecule has 1 unspecified atom stereocenters. The van der Waals surface area contributed by atoms with Gasteiger partial charge < -0.3 is 5.11 Å². The minimum Gasteiger partial charge on any atom is -0.362 e. The van der Waals surface area contributed by atoms with Gasteiger partial charge in [0.2, 0.25) is 5.85 Å². The molecule has 104 valence electrons. The number of unbranched alkanes of at least 4 members (excludes halogenated alkanes) is 8. The first-order valence-electron chi connectivity index (χ1n) is 7.53. The van der Waals surface area contributed by atoms with E-state index in [0.717, 1.165) is 25.7 Å². The summed E-state index contributed by atoms with van der Waals surface area (Å²) in [6.45, 7) is 4.24. The zero-order valence-electron chi connectivity index (χ0n) is 11.8. The lowest BCUT2D eigenvalue weighted by molar-refractivity contribution is -0.103. The second kappa shape index (κ2) is 11.0. The minimum atomic E-state index is -1.90. The van der Waals surface area contributed by atoms with Crippen molar-refractivity contribution in [1.29, 1.82) is 0 Å². The number of alkyl halides is 1. The van der Waals surface area contributed by atoms with Crippen LogP contribution in [0.2, 0.25) is 0 Å². The van der Waals surface area contributed by atoms with E-state index in [1.165, 1.54) is 38.5 Å². The van der Waals surface area contributed by atoms with E-state index in [1.54, 1.807) is 0 Å². The molecule has 0 amide bonds. The molecule has 17 heavy (non-hydrogen) atoms. The Morgan fingerprint density at radius 3 is 1.65 bits per heavy atom. The van der Waals surface area contributed by atoms with Crippen LogP contribution >= 0.6 is 0 Å². The summed E-state index contributed by atoms with van der Waals surface area (Å²) >= 11 is 0. The number of halogens is 1. The lowest BCUT2D eigenvalue weighted by Crippen LogP contribution is -2.21. The average molecular weight is 246 g/mol. The van der Waals surface area contributed by atoms with E-state index in [9.17, 15) is 9.50 Å². The predicted octanol–water partition coefficient (Wildman–Crippen LogP) is 5.37. The first-order chi connectivity index (χ1) is 8.12. The fraction of sp³-hybridized carbons (Fsp3) is 1.00. The van der Waals surface area contributed by atoms with Crippen LogP contribution in [0.25, 0.3) is 0 Å². The maximum Gasteiger partial charge on any atom is 0.206 e.